The van der Waals surface area contributed by atoms with Crippen LogP contribution in [0.15, 0.2) is 54.1 Å². The molecule has 1 aliphatic rings. The van der Waals surface area contributed by atoms with Crippen LogP contribution in [0.2, 0.25) is 0 Å². The summed E-state index contributed by atoms with van der Waals surface area (Å²) >= 11 is 0. The van der Waals surface area contributed by atoms with Crippen molar-refractivity contribution in [2.75, 3.05) is 0 Å². The molecule has 2 rings (SSSR count). The number of ketones is 1. The number of hydrogen-bond acceptors (Lipinski definition) is 3. The molecule has 1 radical (unpaired) electrons. The van der Waals surface area contributed by atoms with Crippen molar-refractivity contribution in [3.63, 3.8) is 0 Å². The maximum absolute atomic E-state index is 11.2. The van der Waals surface area contributed by atoms with Crippen LogP contribution in [0.3, 0.4) is 0 Å². The SMILES string of the molecule is O=C1C=C[N]C(C(O)c2ccccc2)=C1O. The molecule has 0 amide bonds. The molecule has 1 aromatic carbocycles. The summed E-state index contributed by atoms with van der Waals surface area (Å²) in [5.41, 5.74) is 0.564. The number of rotatable bonds is 2. The Balaban J connectivity index is 2.33. The average Bonchev–Trinajstić information content (AvgIpc) is 2.33. The van der Waals surface area contributed by atoms with Crippen molar-refractivity contribution in [2.45, 2.75) is 6.10 Å². The van der Waals surface area contributed by atoms with E-state index in [2.05, 4.69) is 5.32 Å². The first-order valence-corrected chi connectivity index (χ1v) is 4.78. The van der Waals surface area contributed by atoms with Crippen molar-refractivity contribution in [3.05, 3.63) is 59.6 Å². The number of aliphatic hydroxyl groups excluding tert-OH is 2. The van der Waals surface area contributed by atoms with Gasteiger partial charge in [-0.05, 0) is 5.56 Å². The minimum absolute atomic E-state index is 0.0151. The van der Waals surface area contributed by atoms with Crippen molar-refractivity contribution in [2.24, 2.45) is 0 Å². The van der Waals surface area contributed by atoms with Gasteiger partial charge in [-0.25, -0.2) is 0 Å². The van der Waals surface area contributed by atoms with Crippen LogP contribution < -0.4 is 5.32 Å². The van der Waals surface area contributed by atoms with E-state index in [-0.39, 0.29) is 5.70 Å². The van der Waals surface area contributed by atoms with Crippen molar-refractivity contribution >= 4 is 5.78 Å². The molecule has 16 heavy (non-hydrogen) atoms. The van der Waals surface area contributed by atoms with Crippen LogP contribution >= 0.6 is 0 Å². The molecular weight excluding hydrogens is 206 g/mol. The molecule has 0 aromatic heterocycles. The third-order valence-corrected chi connectivity index (χ3v) is 2.29. The van der Waals surface area contributed by atoms with E-state index in [1.165, 1.54) is 6.20 Å². The van der Waals surface area contributed by atoms with Crippen LogP contribution in [0.25, 0.3) is 0 Å². The highest BCUT2D eigenvalue weighted by atomic mass is 16.3. The Bertz CT molecular complexity index is 462. The average molecular weight is 216 g/mol. The highest BCUT2D eigenvalue weighted by Gasteiger charge is 2.24. The van der Waals surface area contributed by atoms with Crippen molar-refractivity contribution < 1.29 is 15.0 Å². The van der Waals surface area contributed by atoms with Crippen molar-refractivity contribution in [3.8, 4) is 0 Å². The van der Waals surface area contributed by atoms with E-state index in [1.54, 1.807) is 24.3 Å². The summed E-state index contributed by atoms with van der Waals surface area (Å²) in [5.74, 6) is -1.04. The zero-order valence-electron chi connectivity index (χ0n) is 8.37. The summed E-state index contributed by atoms with van der Waals surface area (Å²) in [7, 11) is 0. The lowest BCUT2D eigenvalue weighted by Crippen LogP contribution is -2.19. The van der Waals surface area contributed by atoms with Gasteiger partial charge in [0.05, 0.1) is 0 Å². The van der Waals surface area contributed by atoms with Gasteiger partial charge in [0, 0.05) is 12.3 Å². The Morgan fingerprint density at radius 1 is 1.19 bits per heavy atom. The Morgan fingerprint density at radius 2 is 1.88 bits per heavy atom. The number of allylic oxidation sites excluding steroid dienone is 1. The van der Waals surface area contributed by atoms with E-state index in [0.717, 1.165) is 6.08 Å². The lowest BCUT2D eigenvalue weighted by molar-refractivity contribution is -0.114. The van der Waals surface area contributed by atoms with E-state index in [1.807, 2.05) is 6.07 Å². The molecule has 1 heterocycles. The van der Waals surface area contributed by atoms with Gasteiger partial charge in [0.1, 0.15) is 11.8 Å². The van der Waals surface area contributed by atoms with Crippen LogP contribution in [0, 0.1) is 0 Å². The number of aliphatic hydroxyl groups is 2. The normalized spacial score (nSPS) is 17.2. The third kappa shape index (κ3) is 1.83. The highest BCUT2D eigenvalue weighted by Crippen LogP contribution is 2.24. The van der Waals surface area contributed by atoms with Gasteiger partial charge < -0.3 is 10.2 Å². The van der Waals surface area contributed by atoms with Gasteiger partial charge in [-0.15, -0.1) is 0 Å². The van der Waals surface area contributed by atoms with Crippen LogP contribution in [0.1, 0.15) is 11.7 Å². The molecule has 0 saturated heterocycles. The maximum Gasteiger partial charge on any atom is 0.223 e. The first-order valence-electron chi connectivity index (χ1n) is 4.78. The van der Waals surface area contributed by atoms with Gasteiger partial charge in [-0.2, -0.15) is 0 Å². The fourth-order valence-electron chi connectivity index (χ4n) is 1.44. The molecule has 1 unspecified atom stereocenters. The van der Waals surface area contributed by atoms with Gasteiger partial charge in [0.15, 0.2) is 5.76 Å². The van der Waals surface area contributed by atoms with Crippen LogP contribution in [-0.2, 0) is 4.79 Å². The van der Waals surface area contributed by atoms with E-state index >= 15 is 0 Å². The molecule has 2 N–H and O–H groups in total. The molecule has 0 spiro atoms. The third-order valence-electron chi connectivity index (χ3n) is 2.29. The molecule has 0 bridgehead atoms. The van der Waals surface area contributed by atoms with E-state index in [9.17, 15) is 15.0 Å². The smallest absolute Gasteiger partial charge is 0.223 e. The van der Waals surface area contributed by atoms with Gasteiger partial charge in [-0.1, -0.05) is 30.3 Å². The number of nitrogens with zero attached hydrogens (tertiary/aromatic N) is 1. The van der Waals surface area contributed by atoms with Crippen LogP contribution in [-0.4, -0.2) is 16.0 Å². The van der Waals surface area contributed by atoms with Crippen molar-refractivity contribution in [1.82, 2.24) is 5.32 Å². The van der Waals surface area contributed by atoms with E-state index < -0.39 is 17.6 Å². The second-order valence-corrected chi connectivity index (χ2v) is 3.36. The monoisotopic (exact) mass is 216 g/mol. The Hall–Kier alpha value is -2.07. The number of benzene rings is 1. The maximum atomic E-state index is 11.2. The minimum Gasteiger partial charge on any atom is -0.503 e. The summed E-state index contributed by atoms with van der Waals surface area (Å²) in [6.07, 6.45) is 1.33. The number of carbonyl (C=O) groups is 1. The second kappa shape index (κ2) is 4.20. The predicted molar refractivity (Wildman–Crippen MR) is 57.3 cm³/mol. The molecule has 0 aliphatic carbocycles. The molecule has 0 saturated carbocycles. The highest BCUT2D eigenvalue weighted by molar-refractivity contribution is 6.03. The Kier molecular flexibility index (Phi) is 2.74. The van der Waals surface area contributed by atoms with E-state index in [0.29, 0.717) is 5.56 Å². The van der Waals surface area contributed by atoms with E-state index in [4.69, 9.17) is 0 Å². The number of hydrogen-bond donors (Lipinski definition) is 2. The largest absolute Gasteiger partial charge is 0.503 e. The lowest BCUT2D eigenvalue weighted by atomic mass is 10.0. The van der Waals surface area contributed by atoms with Gasteiger partial charge in [0.2, 0.25) is 5.78 Å². The zero-order chi connectivity index (χ0) is 11.5. The fraction of sp³-hybridized carbons (Fsp3) is 0.0833. The van der Waals surface area contributed by atoms with Crippen LogP contribution in [0.4, 0.5) is 0 Å². The minimum atomic E-state index is -1.09. The van der Waals surface area contributed by atoms with Gasteiger partial charge in [-0.3, -0.25) is 10.1 Å². The van der Waals surface area contributed by atoms with Gasteiger partial charge >= 0.3 is 0 Å². The van der Waals surface area contributed by atoms with Crippen molar-refractivity contribution in [1.29, 1.82) is 0 Å². The zero-order valence-corrected chi connectivity index (χ0v) is 8.37. The van der Waals surface area contributed by atoms with Crippen LogP contribution in [0.5, 0.6) is 0 Å². The summed E-state index contributed by atoms with van der Waals surface area (Å²) < 4.78 is 0. The molecule has 0 fully saturated rings. The quantitative estimate of drug-likeness (QED) is 0.780. The molecule has 81 valence electrons. The summed E-state index contributed by atoms with van der Waals surface area (Å²) in [6.45, 7) is 0. The summed E-state index contributed by atoms with van der Waals surface area (Å²) in [5, 5.41) is 23.2. The van der Waals surface area contributed by atoms with Gasteiger partial charge in [0.25, 0.3) is 0 Å². The first kappa shape index (κ1) is 10.4. The molecule has 1 atom stereocenters. The first-order chi connectivity index (χ1) is 7.70. The topological polar surface area (TPSA) is 71.6 Å². The summed E-state index contributed by atoms with van der Waals surface area (Å²) in [4.78, 5) is 11.2. The summed E-state index contributed by atoms with van der Waals surface area (Å²) in [6, 6.07) is 8.73. The molecule has 1 aliphatic heterocycles. The fourth-order valence-corrected chi connectivity index (χ4v) is 1.44. The second-order valence-electron chi connectivity index (χ2n) is 3.36. The Labute approximate surface area is 92.5 Å². The lowest BCUT2D eigenvalue weighted by Gasteiger charge is -2.16. The molecule has 1 aromatic rings. The molecule has 4 nitrogen and oxygen atoms in total. The standard InChI is InChI=1S/C12H10NO3/c14-9-6-7-13-10(12(9)16)11(15)8-4-2-1-3-5-8/h1-7,11,15-16H. The Morgan fingerprint density at radius 3 is 2.56 bits per heavy atom. The number of carbonyl (C=O) groups excluding carboxylic acids is 1. The molecule has 4 heteroatoms. The predicted octanol–water partition coefficient (Wildman–Crippen LogP) is 1.19. The molecular formula is C12H10NO3.